The summed E-state index contributed by atoms with van der Waals surface area (Å²) >= 11 is 2.07. The van der Waals surface area contributed by atoms with E-state index in [9.17, 15) is 14.4 Å². The smallest absolute Gasteiger partial charge is 0.305 e. The Labute approximate surface area is 143 Å². The van der Waals surface area contributed by atoms with Gasteiger partial charge >= 0.3 is 5.97 Å². The zero-order chi connectivity index (χ0) is 16.4. The van der Waals surface area contributed by atoms with Gasteiger partial charge in [-0.2, -0.15) is 0 Å². The van der Waals surface area contributed by atoms with E-state index < -0.39 is 0 Å². The predicted molar refractivity (Wildman–Crippen MR) is 90.4 cm³/mol. The van der Waals surface area contributed by atoms with Crippen molar-refractivity contribution in [3.63, 3.8) is 0 Å². The SMILES string of the molecule is CCOC(=O)CCCNC(=O)CNC(=O)c1ccccc1I. The minimum Gasteiger partial charge on any atom is -0.466 e. The van der Waals surface area contributed by atoms with Gasteiger partial charge in [0.2, 0.25) is 5.91 Å². The molecule has 2 N–H and O–H groups in total. The summed E-state index contributed by atoms with van der Waals surface area (Å²) in [5.41, 5.74) is 0.540. The number of halogens is 1. The van der Waals surface area contributed by atoms with Crippen molar-refractivity contribution in [2.45, 2.75) is 19.8 Å². The van der Waals surface area contributed by atoms with E-state index in [1.54, 1.807) is 19.1 Å². The van der Waals surface area contributed by atoms with Crippen LogP contribution in [0.3, 0.4) is 0 Å². The minimum absolute atomic E-state index is 0.0940. The minimum atomic E-state index is -0.289. The summed E-state index contributed by atoms with van der Waals surface area (Å²) in [6.45, 7) is 2.38. The quantitative estimate of drug-likeness (QED) is 0.381. The summed E-state index contributed by atoms with van der Waals surface area (Å²) in [5.74, 6) is -0.849. The van der Waals surface area contributed by atoms with Gasteiger partial charge in [0.05, 0.1) is 18.7 Å². The first-order valence-electron chi connectivity index (χ1n) is 6.99. The molecule has 0 aliphatic carbocycles. The molecule has 0 radical (unpaired) electrons. The van der Waals surface area contributed by atoms with E-state index in [2.05, 4.69) is 33.2 Å². The van der Waals surface area contributed by atoms with Crippen molar-refractivity contribution in [1.29, 1.82) is 0 Å². The Balaban J connectivity index is 2.22. The molecule has 0 aliphatic heterocycles. The van der Waals surface area contributed by atoms with E-state index in [0.717, 1.165) is 3.57 Å². The molecular weight excluding hydrogens is 399 g/mol. The van der Waals surface area contributed by atoms with E-state index in [-0.39, 0.29) is 30.7 Å². The first-order valence-corrected chi connectivity index (χ1v) is 8.07. The molecule has 6 nitrogen and oxygen atoms in total. The lowest BCUT2D eigenvalue weighted by molar-refractivity contribution is -0.143. The summed E-state index contributed by atoms with van der Waals surface area (Å²) in [7, 11) is 0. The van der Waals surface area contributed by atoms with Gasteiger partial charge in [0, 0.05) is 16.5 Å². The highest BCUT2D eigenvalue weighted by Crippen LogP contribution is 2.10. The van der Waals surface area contributed by atoms with Crippen molar-refractivity contribution >= 4 is 40.4 Å². The molecular formula is C15H19IN2O4. The number of esters is 1. The Morgan fingerprint density at radius 2 is 1.91 bits per heavy atom. The first-order chi connectivity index (χ1) is 10.5. The van der Waals surface area contributed by atoms with Crippen LogP contribution in [0.1, 0.15) is 30.1 Å². The van der Waals surface area contributed by atoms with Crippen molar-refractivity contribution in [2.75, 3.05) is 19.7 Å². The largest absolute Gasteiger partial charge is 0.466 e. The molecule has 0 atom stereocenters. The van der Waals surface area contributed by atoms with Crippen LogP contribution in [-0.2, 0) is 14.3 Å². The van der Waals surface area contributed by atoms with Crippen LogP contribution in [0.5, 0.6) is 0 Å². The fraction of sp³-hybridized carbons (Fsp3) is 0.400. The van der Waals surface area contributed by atoms with Gasteiger partial charge in [-0.1, -0.05) is 12.1 Å². The number of carbonyl (C=O) groups is 3. The van der Waals surface area contributed by atoms with Crippen LogP contribution in [0, 0.1) is 3.57 Å². The zero-order valence-corrected chi connectivity index (χ0v) is 14.5. The Hall–Kier alpha value is -1.64. The Morgan fingerprint density at radius 3 is 2.59 bits per heavy atom. The van der Waals surface area contributed by atoms with E-state index >= 15 is 0 Å². The molecule has 0 spiro atoms. The maximum Gasteiger partial charge on any atom is 0.305 e. The molecule has 0 aliphatic rings. The molecule has 2 amide bonds. The number of hydrogen-bond donors (Lipinski definition) is 2. The molecule has 0 saturated heterocycles. The topological polar surface area (TPSA) is 84.5 Å². The lowest BCUT2D eigenvalue weighted by Gasteiger charge is -2.08. The lowest BCUT2D eigenvalue weighted by atomic mass is 10.2. The van der Waals surface area contributed by atoms with Gasteiger partial charge in [0.15, 0.2) is 0 Å². The number of amides is 2. The summed E-state index contributed by atoms with van der Waals surface area (Å²) in [6.07, 6.45) is 0.776. The molecule has 0 unspecified atom stereocenters. The van der Waals surface area contributed by atoms with E-state index in [0.29, 0.717) is 25.1 Å². The van der Waals surface area contributed by atoms with Crippen LogP contribution in [0.15, 0.2) is 24.3 Å². The number of hydrogen-bond acceptors (Lipinski definition) is 4. The molecule has 7 heteroatoms. The summed E-state index contributed by atoms with van der Waals surface area (Å²) in [4.78, 5) is 34.6. The van der Waals surface area contributed by atoms with Crippen LogP contribution < -0.4 is 10.6 Å². The number of ether oxygens (including phenoxy) is 1. The highest BCUT2D eigenvalue weighted by Gasteiger charge is 2.10. The van der Waals surface area contributed by atoms with Crippen molar-refractivity contribution in [1.82, 2.24) is 10.6 Å². The third-order valence-electron chi connectivity index (χ3n) is 2.71. The number of carbonyl (C=O) groups excluding carboxylic acids is 3. The Kier molecular flexibility index (Phi) is 8.49. The summed E-state index contributed by atoms with van der Waals surface area (Å²) in [5, 5.41) is 5.20. The fourth-order valence-corrected chi connectivity index (χ4v) is 2.29. The number of benzene rings is 1. The molecule has 0 bridgehead atoms. The Bertz CT molecular complexity index is 534. The van der Waals surface area contributed by atoms with E-state index in [1.807, 2.05) is 12.1 Å². The molecule has 22 heavy (non-hydrogen) atoms. The van der Waals surface area contributed by atoms with E-state index in [4.69, 9.17) is 4.74 Å². The van der Waals surface area contributed by atoms with Crippen molar-refractivity contribution in [3.05, 3.63) is 33.4 Å². The van der Waals surface area contributed by atoms with Gasteiger partial charge in [-0.05, 0) is 48.1 Å². The van der Waals surface area contributed by atoms with Crippen LogP contribution in [0.25, 0.3) is 0 Å². The molecule has 0 heterocycles. The van der Waals surface area contributed by atoms with Crippen LogP contribution in [-0.4, -0.2) is 37.5 Å². The van der Waals surface area contributed by atoms with Gasteiger partial charge in [0.25, 0.3) is 5.91 Å². The van der Waals surface area contributed by atoms with Gasteiger partial charge in [0.1, 0.15) is 0 Å². The van der Waals surface area contributed by atoms with Crippen LogP contribution in [0.4, 0.5) is 0 Å². The molecule has 0 fully saturated rings. The third-order valence-corrected chi connectivity index (χ3v) is 3.65. The highest BCUT2D eigenvalue weighted by atomic mass is 127. The molecule has 1 aromatic rings. The van der Waals surface area contributed by atoms with Gasteiger partial charge in [-0.3, -0.25) is 14.4 Å². The number of rotatable bonds is 8. The first kappa shape index (κ1) is 18.4. The predicted octanol–water partition coefficient (Wildman–Crippen LogP) is 1.48. The molecule has 0 aromatic heterocycles. The summed E-state index contributed by atoms with van der Waals surface area (Å²) < 4.78 is 5.61. The van der Waals surface area contributed by atoms with E-state index in [1.165, 1.54) is 0 Å². The maximum absolute atomic E-state index is 11.9. The Morgan fingerprint density at radius 1 is 1.18 bits per heavy atom. The van der Waals surface area contributed by atoms with Gasteiger partial charge in [-0.15, -0.1) is 0 Å². The van der Waals surface area contributed by atoms with Crippen LogP contribution >= 0.6 is 22.6 Å². The van der Waals surface area contributed by atoms with Crippen LogP contribution in [0.2, 0.25) is 0 Å². The second kappa shape index (κ2) is 10.1. The van der Waals surface area contributed by atoms with Crippen molar-refractivity contribution in [3.8, 4) is 0 Å². The maximum atomic E-state index is 11.9. The standard InChI is InChI=1S/C15H19IN2O4/c1-2-22-14(20)8-5-9-17-13(19)10-18-15(21)11-6-3-4-7-12(11)16/h3-4,6-7H,2,5,8-10H2,1H3,(H,17,19)(H,18,21). The monoisotopic (exact) mass is 418 g/mol. The molecule has 0 saturated carbocycles. The molecule has 1 rings (SSSR count). The van der Waals surface area contributed by atoms with Crippen molar-refractivity contribution < 1.29 is 19.1 Å². The summed E-state index contributed by atoms with van der Waals surface area (Å²) in [6, 6.07) is 7.14. The van der Waals surface area contributed by atoms with Crippen molar-refractivity contribution in [2.24, 2.45) is 0 Å². The average molecular weight is 418 g/mol. The highest BCUT2D eigenvalue weighted by molar-refractivity contribution is 14.1. The molecule has 120 valence electrons. The normalized spacial score (nSPS) is 9.91. The second-order valence-corrected chi connectivity index (χ2v) is 5.58. The fourth-order valence-electron chi connectivity index (χ4n) is 1.66. The lowest BCUT2D eigenvalue weighted by Crippen LogP contribution is -2.37. The number of nitrogens with one attached hydrogen (secondary N) is 2. The van der Waals surface area contributed by atoms with Gasteiger partial charge in [-0.25, -0.2) is 0 Å². The zero-order valence-electron chi connectivity index (χ0n) is 12.4. The molecule has 1 aromatic carbocycles. The average Bonchev–Trinajstić information content (AvgIpc) is 2.50. The van der Waals surface area contributed by atoms with Gasteiger partial charge < -0.3 is 15.4 Å². The second-order valence-electron chi connectivity index (χ2n) is 4.42. The third kappa shape index (κ3) is 6.88.